The van der Waals surface area contributed by atoms with Gasteiger partial charge in [0.2, 0.25) is 0 Å². The Morgan fingerprint density at radius 1 is 0.275 bits per heavy atom. The molecular weight excluding hydrogens is 1270 g/mol. The summed E-state index contributed by atoms with van der Waals surface area (Å²) in [5.74, 6) is -0.699. The molecule has 570 valence electrons. The Labute approximate surface area is 619 Å². The van der Waals surface area contributed by atoms with Gasteiger partial charge in [0.1, 0.15) is 33.7 Å². The topological polar surface area (TPSA) is 115 Å². The summed E-state index contributed by atoms with van der Waals surface area (Å²) < 4.78 is 81.1. The van der Waals surface area contributed by atoms with E-state index in [-0.39, 0.29) is 11.6 Å². The number of benzene rings is 3. The van der Waals surface area contributed by atoms with Gasteiger partial charge in [-0.15, -0.1) is 0 Å². The fraction of sp³-hybridized carbons (Fsp3) is 0.795. The van der Waals surface area contributed by atoms with Crippen molar-refractivity contribution >= 4 is 47.2 Å². The van der Waals surface area contributed by atoms with E-state index < -0.39 is 47.5 Å². The summed E-state index contributed by atoms with van der Waals surface area (Å²) in [7, 11) is -1.63. The third-order valence-corrected chi connectivity index (χ3v) is 25.8. The number of rotatable bonds is 54. The van der Waals surface area contributed by atoms with E-state index in [1.165, 1.54) is 231 Å². The molecule has 0 bridgehead atoms. The molecule has 0 radical (unpaired) electrons. The van der Waals surface area contributed by atoms with Gasteiger partial charge in [-0.1, -0.05) is 358 Å². The lowest BCUT2D eigenvalue weighted by atomic mass is 9.66. The van der Waals surface area contributed by atoms with Crippen LogP contribution in [-0.4, -0.2) is 57.3 Å². The van der Waals surface area contributed by atoms with Crippen LogP contribution in [0.15, 0.2) is 21.4 Å². The second kappa shape index (κ2) is 39.9. The van der Waals surface area contributed by atoms with Crippen LogP contribution in [0.25, 0.3) is 44.3 Å². The molecule has 0 N–H and O–H groups in total. The maximum Gasteiger partial charge on any atom is 0.497 e. The number of aromatic nitrogens is 4. The van der Waals surface area contributed by atoms with Crippen molar-refractivity contribution in [3.63, 3.8) is 0 Å². The maximum atomic E-state index is 20.7. The smallest absolute Gasteiger partial charge is 0.399 e. The first-order chi connectivity index (χ1) is 49.4. The second-order valence-electron chi connectivity index (χ2n) is 34.7. The standard InChI is InChI=1S/C88H142B2F2N4O6/c1-13-17-21-25-29-33-37-41-45-49-53-57-61-87(62-58-54-50-46-42-38-34-30-26-22-18-14-2)67-65-69(89-97-83(5,6)84(7,8)98-89)79-81(95-101-93-79)71(67)73-75(87)77(91)74-72-68(66-70(80-82(72)96-102-94-80)90-99-85(9,10)86(11,12)100-90)88(76(74)78(73)92,63-59-55-51-47-43-39-35-31-27-23-19-15-3)64-60-56-52-48-44-40-36-32-28-24-20-16-4/h65-66H,13-64H2,1-12H3. The molecule has 5 aromatic rings. The summed E-state index contributed by atoms with van der Waals surface area (Å²) in [5, 5.41) is 19.0. The van der Waals surface area contributed by atoms with E-state index in [1.54, 1.807) is 0 Å². The van der Waals surface area contributed by atoms with Crippen molar-refractivity contribution in [3.8, 4) is 22.3 Å². The second-order valence-corrected chi connectivity index (χ2v) is 34.7. The summed E-state index contributed by atoms with van der Waals surface area (Å²) >= 11 is 0. The van der Waals surface area contributed by atoms with E-state index >= 15 is 8.78 Å². The van der Waals surface area contributed by atoms with Gasteiger partial charge in [-0.2, -0.15) is 0 Å². The molecule has 0 amide bonds. The van der Waals surface area contributed by atoms with Gasteiger partial charge >= 0.3 is 14.2 Å². The van der Waals surface area contributed by atoms with E-state index in [4.69, 9.17) is 48.5 Å². The van der Waals surface area contributed by atoms with Crippen LogP contribution in [0.4, 0.5) is 8.78 Å². The van der Waals surface area contributed by atoms with Crippen LogP contribution in [0, 0.1) is 11.6 Å². The third-order valence-electron chi connectivity index (χ3n) is 25.8. The molecule has 9 rings (SSSR count). The fourth-order valence-electron chi connectivity index (χ4n) is 18.2. The zero-order chi connectivity index (χ0) is 72.6. The number of hydrogen-bond acceptors (Lipinski definition) is 10. The number of nitrogens with zero attached hydrogens (tertiary/aromatic N) is 4. The first-order valence-electron chi connectivity index (χ1n) is 43.2. The lowest BCUT2D eigenvalue weighted by molar-refractivity contribution is 0.00578. The first-order valence-corrected chi connectivity index (χ1v) is 43.2. The molecule has 0 unspecified atom stereocenters. The minimum Gasteiger partial charge on any atom is -0.399 e. The van der Waals surface area contributed by atoms with Crippen LogP contribution in [0.3, 0.4) is 0 Å². The molecule has 4 aliphatic rings. The molecule has 2 aliphatic carbocycles. The average molecular weight is 1410 g/mol. The summed E-state index contributed by atoms with van der Waals surface area (Å²) in [4.78, 5) is 0. The molecule has 2 aromatic heterocycles. The molecule has 4 heterocycles. The van der Waals surface area contributed by atoms with Gasteiger partial charge in [0.05, 0.1) is 22.4 Å². The summed E-state index contributed by atoms with van der Waals surface area (Å²) in [6.45, 7) is 25.7. The van der Waals surface area contributed by atoms with Crippen molar-refractivity contribution in [1.82, 2.24) is 20.6 Å². The van der Waals surface area contributed by atoms with E-state index in [2.05, 4.69) is 95.2 Å². The molecule has 10 nitrogen and oxygen atoms in total. The Bertz CT molecular complexity index is 3010. The predicted molar refractivity (Wildman–Crippen MR) is 424 cm³/mol. The van der Waals surface area contributed by atoms with E-state index in [0.717, 1.165) is 88.2 Å². The molecule has 2 aliphatic heterocycles. The normalized spacial score (nSPS) is 17.3. The Kier molecular flexibility index (Phi) is 32.2. The van der Waals surface area contributed by atoms with Crippen molar-refractivity contribution in [3.05, 3.63) is 46.0 Å². The summed E-state index contributed by atoms with van der Waals surface area (Å²) in [6.07, 6.45) is 60.7. The quantitative estimate of drug-likeness (QED) is 0.0275. The highest BCUT2D eigenvalue weighted by molar-refractivity contribution is 6.65. The van der Waals surface area contributed by atoms with Gasteiger partial charge in [0, 0.05) is 55.1 Å². The molecular formula is C88H142B2F2N4O6. The van der Waals surface area contributed by atoms with Crippen molar-refractivity contribution in [2.75, 3.05) is 0 Å². The highest BCUT2D eigenvalue weighted by Gasteiger charge is 2.59. The molecule has 3 aromatic carbocycles. The monoisotopic (exact) mass is 1410 g/mol. The van der Waals surface area contributed by atoms with Crippen molar-refractivity contribution < 1.29 is 36.7 Å². The third kappa shape index (κ3) is 19.8. The molecule has 0 saturated carbocycles. The number of unbranched alkanes of at least 4 members (excludes halogenated alkanes) is 44. The van der Waals surface area contributed by atoms with Gasteiger partial charge in [-0.3, -0.25) is 0 Å². The van der Waals surface area contributed by atoms with Gasteiger partial charge in [0.15, 0.2) is 0 Å². The number of fused-ring (bicyclic) bond motifs is 10. The van der Waals surface area contributed by atoms with Crippen LogP contribution in [-0.2, 0) is 29.4 Å². The molecule has 2 fully saturated rings. The highest BCUT2D eigenvalue weighted by atomic mass is 19.1. The fourth-order valence-corrected chi connectivity index (χ4v) is 18.2. The van der Waals surface area contributed by atoms with Crippen LogP contribution in [0.1, 0.15) is 439 Å². The Morgan fingerprint density at radius 3 is 0.686 bits per heavy atom. The molecule has 0 spiro atoms. The SMILES string of the molecule is CCCCCCCCCCCCCCC1(CCCCCCCCCCCCCC)c2cc(B3OC(C)(C)C(C)(C)O3)c3nonc3c2-c2c(F)c3c(c(F)c21)-c1c(cc(B2OC(C)(C)C(C)(C)O2)c2nonc12)C3(CCCCCCCCCCCCCC)CCCCCCCCCCCCCC. The summed E-state index contributed by atoms with van der Waals surface area (Å²) in [5.41, 5.74) is 3.27. The largest absolute Gasteiger partial charge is 0.497 e. The van der Waals surface area contributed by atoms with Crippen molar-refractivity contribution in [2.24, 2.45) is 0 Å². The maximum absolute atomic E-state index is 20.7. The van der Waals surface area contributed by atoms with E-state index in [0.29, 0.717) is 92.1 Å². The van der Waals surface area contributed by atoms with Crippen LogP contribution in [0.2, 0.25) is 0 Å². The lowest BCUT2D eigenvalue weighted by Gasteiger charge is -2.35. The van der Waals surface area contributed by atoms with Crippen molar-refractivity contribution in [1.29, 1.82) is 0 Å². The molecule has 2 saturated heterocycles. The first kappa shape index (κ1) is 82.3. The van der Waals surface area contributed by atoms with Gasteiger partial charge in [-0.25, -0.2) is 18.0 Å². The van der Waals surface area contributed by atoms with E-state index in [1.807, 2.05) is 0 Å². The molecule has 102 heavy (non-hydrogen) atoms. The van der Waals surface area contributed by atoms with Crippen molar-refractivity contribution in [2.45, 2.75) is 450 Å². The zero-order valence-electron chi connectivity index (χ0n) is 67.1. The van der Waals surface area contributed by atoms with Gasteiger partial charge < -0.3 is 18.6 Å². The minimum absolute atomic E-state index is 0.336. The van der Waals surface area contributed by atoms with Crippen LogP contribution in [0.5, 0.6) is 0 Å². The lowest BCUT2D eigenvalue weighted by Crippen LogP contribution is -2.41. The Morgan fingerprint density at radius 2 is 0.471 bits per heavy atom. The van der Waals surface area contributed by atoms with E-state index in [9.17, 15) is 0 Å². The summed E-state index contributed by atoms with van der Waals surface area (Å²) in [6, 6.07) is 4.37. The van der Waals surface area contributed by atoms with Crippen LogP contribution < -0.4 is 10.9 Å². The number of halogens is 2. The molecule has 0 atom stereocenters. The van der Waals surface area contributed by atoms with Crippen LogP contribution >= 0.6 is 0 Å². The highest BCUT2D eigenvalue weighted by Crippen LogP contribution is 2.65. The molecule has 14 heteroatoms. The Hall–Kier alpha value is -3.71. The number of hydrogen-bond donors (Lipinski definition) is 0. The average Bonchev–Trinajstić information content (AvgIpc) is 1.50. The Balaban J connectivity index is 1.18. The van der Waals surface area contributed by atoms with Gasteiger partial charge in [-0.05, 0) is 103 Å². The van der Waals surface area contributed by atoms with Gasteiger partial charge in [0.25, 0.3) is 0 Å². The predicted octanol–water partition coefficient (Wildman–Crippen LogP) is 26.5. The minimum atomic E-state index is -0.951. The zero-order valence-corrected chi connectivity index (χ0v) is 67.1.